The minimum absolute atomic E-state index is 0.0402. The van der Waals surface area contributed by atoms with Crippen LogP contribution in [-0.4, -0.2) is 31.3 Å². The van der Waals surface area contributed by atoms with Crippen LogP contribution < -0.4 is 10.5 Å². The van der Waals surface area contributed by atoms with E-state index in [9.17, 15) is 18.0 Å². The molecule has 7 nitrogen and oxygen atoms in total. The number of carbonyl (C=O) groups is 2. The van der Waals surface area contributed by atoms with Crippen molar-refractivity contribution < 1.29 is 18.0 Å². The van der Waals surface area contributed by atoms with Crippen molar-refractivity contribution >= 4 is 22.0 Å². The minimum Gasteiger partial charge on any atom is -0.335 e. The summed E-state index contributed by atoms with van der Waals surface area (Å²) in [4.78, 5) is 25.9. The van der Waals surface area contributed by atoms with Crippen molar-refractivity contribution in [2.24, 2.45) is 5.14 Å². The predicted molar refractivity (Wildman–Crippen MR) is 95.8 cm³/mol. The van der Waals surface area contributed by atoms with Crippen LogP contribution in [0.3, 0.4) is 0 Å². The first kappa shape index (κ1) is 18.1. The zero-order valence-corrected chi connectivity index (χ0v) is 15.0. The lowest BCUT2D eigenvalue weighted by Gasteiger charge is -2.19. The Hall–Kier alpha value is -2.71. The lowest BCUT2D eigenvalue weighted by Crippen LogP contribution is -2.44. The first-order chi connectivity index (χ1) is 12.3. The van der Waals surface area contributed by atoms with Gasteiger partial charge in [-0.1, -0.05) is 30.3 Å². The fourth-order valence-corrected chi connectivity index (χ4v) is 3.44. The lowest BCUT2D eigenvalue weighted by atomic mass is 10.1. The Bertz CT molecular complexity index is 955. The molecule has 0 aromatic heterocycles. The molecule has 1 atom stereocenters. The van der Waals surface area contributed by atoms with E-state index in [1.807, 2.05) is 19.1 Å². The molecule has 1 aliphatic rings. The van der Waals surface area contributed by atoms with Crippen LogP contribution in [0.4, 0.5) is 4.79 Å². The van der Waals surface area contributed by atoms with Gasteiger partial charge in [-0.25, -0.2) is 18.4 Å². The molecular weight excluding hydrogens is 354 g/mol. The molecule has 1 aliphatic heterocycles. The van der Waals surface area contributed by atoms with Gasteiger partial charge in [0, 0.05) is 11.6 Å². The highest BCUT2D eigenvalue weighted by atomic mass is 32.2. The van der Waals surface area contributed by atoms with E-state index in [1.54, 1.807) is 24.3 Å². The molecule has 136 valence electrons. The molecule has 3 N–H and O–H groups in total. The molecule has 26 heavy (non-hydrogen) atoms. The number of sulfonamides is 1. The fraction of sp³-hybridized carbons (Fsp3) is 0.222. The summed E-state index contributed by atoms with van der Waals surface area (Å²) in [6.07, 6.45) is 0.492. The normalized spacial score (nSPS) is 14.8. The van der Waals surface area contributed by atoms with Gasteiger partial charge in [0.15, 0.2) is 0 Å². The summed E-state index contributed by atoms with van der Waals surface area (Å²) in [5.41, 5.74) is 2.23. The molecule has 8 heteroatoms. The van der Waals surface area contributed by atoms with Gasteiger partial charge in [-0.3, -0.25) is 9.69 Å². The van der Waals surface area contributed by atoms with Crippen LogP contribution in [0.5, 0.6) is 0 Å². The van der Waals surface area contributed by atoms with Crippen LogP contribution in [0, 0.1) is 0 Å². The molecule has 0 saturated carbocycles. The smallest absolute Gasteiger partial charge is 0.324 e. The zero-order chi connectivity index (χ0) is 18.9. The van der Waals surface area contributed by atoms with Crippen molar-refractivity contribution in [3.8, 4) is 0 Å². The van der Waals surface area contributed by atoms with Gasteiger partial charge in [-0.05, 0) is 42.7 Å². The van der Waals surface area contributed by atoms with Crippen LogP contribution in [0.15, 0.2) is 53.4 Å². The molecular formula is C18H19N3O4S. The van der Waals surface area contributed by atoms with Crippen LogP contribution in [-0.2, 0) is 23.0 Å². The number of nitrogens with one attached hydrogen (secondary N) is 1. The number of imide groups is 1. The second-order valence-corrected chi connectivity index (χ2v) is 7.85. The predicted octanol–water partition coefficient (Wildman–Crippen LogP) is 1.63. The van der Waals surface area contributed by atoms with E-state index in [0.29, 0.717) is 12.0 Å². The summed E-state index contributed by atoms with van der Waals surface area (Å²) in [5.74, 6) is -0.303. The lowest BCUT2D eigenvalue weighted by molar-refractivity contribution is 0.0819. The molecule has 1 unspecified atom stereocenters. The van der Waals surface area contributed by atoms with Gasteiger partial charge >= 0.3 is 6.03 Å². The number of carbonyl (C=O) groups excluding carboxylic acids is 2. The molecule has 1 heterocycles. The highest BCUT2D eigenvalue weighted by molar-refractivity contribution is 7.89. The number of hydrogen-bond donors (Lipinski definition) is 2. The zero-order valence-electron chi connectivity index (χ0n) is 14.2. The summed E-state index contributed by atoms with van der Waals surface area (Å²) < 4.78 is 22.5. The van der Waals surface area contributed by atoms with Crippen molar-refractivity contribution in [2.45, 2.75) is 30.8 Å². The number of nitrogens with two attached hydrogens (primary N) is 1. The average Bonchev–Trinajstić information content (AvgIpc) is 2.92. The van der Waals surface area contributed by atoms with Gasteiger partial charge in [-0.2, -0.15) is 0 Å². The Kier molecular flexibility index (Phi) is 4.80. The fourth-order valence-electron chi connectivity index (χ4n) is 2.93. The quantitative estimate of drug-likeness (QED) is 0.849. The number of fused-ring (bicyclic) bond motifs is 1. The maximum Gasteiger partial charge on any atom is 0.324 e. The van der Waals surface area contributed by atoms with Gasteiger partial charge in [0.1, 0.15) is 0 Å². The van der Waals surface area contributed by atoms with Crippen LogP contribution >= 0.6 is 0 Å². The van der Waals surface area contributed by atoms with Crippen molar-refractivity contribution in [2.75, 3.05) is 0 Å². The average molecular weight is 373 g/mol. The maximum absolute atomic E-state index is 12.4. The molecule has 0 bridgehead atoms. The van der Waals surface area contributed by atoms with E-state index < -0.39 is 16.1 Å². The number of amides is 3. The van der Waals surface area contributed by atoms with Crippen molar-refractivity contribution in [1.82, 2.24) is 10.2 Å². The van der Waals surface area contributed by atoms with E-state index in [4.69, 9.17) is 5.14 Å². The number of benzene rings is 2. The van der Waals surface area contributed by atoms with E-state index in [0.717, 1.165) is 11.1 Å². The highest BCUT2D eigenvalue weighted by Crippen LogP contribution is 2.22. The third kappa shape index (κ3) is 3.76. The Labute approximate surface area is 151 Å². The molecule has 0 radical (unpaired) electrons. The van der Waals surface area contributed by atoms with Crippen LogP contribution in [0.2, 0.25) is 0 Å². The molecule has 2 aromatic rings. The SMILES string of the molecule is CC(Cc1ccc(S(N)(=O)=O)cc1)NC(=O)N1Cc2ccccc2C1=O. The Morgan fingerprint density at radius 2 is 1.85 bits per heavy atom. The highest BCUT2D eigenvalue weighted by Gasteiger charge is 2.32. The molecule has 3 amide bonds. The number of primary sulfonamides is 1. The summed E-state index contributed by atoms with van der Waals surface area (Å²) in [7, 11) is -3.72. The molecule has 0 saturated heterocycles. The van der Waals surface area contributed by atoms with E-state index >= 15 is 0 Å². The van der Waals surface area contributed by atoms with Crippen molar-refractivity contribution in [3.63, 3.8) is 0 Å². The molecule has 0 spiro atoms. The van der Waals surface area contributed by atoms with E-state index in [-0.39, 0.29) is 23.4 Å². The molecule has 3 rings (SSSR count). The molecule has 0 fully saturated rings. The van der Waals surface area contributed by atoms with Crippen LogP contribution in [0.1, 0.15) is 28.4 Å². The first-order valence-corrected chi connectivity index (χ1v) is 9.62. The number of hydrogen-bond acceptors (Lipinski definition) is 4. The largest absolute Gasteiger partial charge is 0.335 e. The third-order valence-electron chi connectivity index (χ3n) is 4.23. The summed E-state index contributed by atoms with van der Waals surface area (Å²) in [5, 5.41) is 7.87. The second-order valence-electron chi connectivity index (χ2n) is 6.29. The summed E-state index contributed by atoms with van der Waals surface area (Å²) in [6, 6.07) is 12.6. The van der Waals surface area contributed by atoms with E-state index in [2.05, 4.69) is 5.32 Å². The number of urea groups is 1. The van der Waals surface area contributed by atoms with Crippen molar-refractivity contribution in [1.29, 1.82) is 0 Å². The van der Waals surface area contributed by atoms with Gasteiger partial charge in [0.2, 0.25) is 10.0 Å². The Balaban J connectivity index is 1.61. The minimum atomic E-state index is -3.72. The Morgan fingerprint density at radius 1 is 1.19 bits per heavy atom. The molecule has 2 aromatic carbocycles. The number of nitrogens with zero attached hydrogens (tertiary/aromatic N) is 1. The van der Waals surface area contributed by atoms with Crippen LogP contribution in [0.25, 0.3) is 0 Å². The van der Waals surface area contributed by atoms with Gasteiger partial charge < -0.3 is 5.32 Å². The van der Waals surface area contributed by atoms with Crippen molar-refractivity contribution in [3.05, 3.63) is 65.2 Å². The standard InChI is InChI=1S/C18H19N3O4S/c1-12(10-13-6-8-15(9-7-13)26(19,24)25)20-18(23)21-11-14-4-2-3-5-16(14)17(21)22/h2-9,12H,10-11H2,1H3,(H,20,23)(H2,19,24,25). The number of rotatable bonds is 4. The summed E-state index contributed by atoms with van der Waals surface area (Å²) in [6.45, 7) is 2.08. The molecule has 0 aliphatic carbocycles. The topological polar surface area (TPSA) is 110 Å². The maximum atomic E-state index is 12.4. The monoisotopic (exact) mass is 373 g/mol. The summed E-state index contributed by atoms with van der Waals surface area (Å²) >= 11 is 0. The van der Waals surface area contributed by atoms with Gasteiger partial charge in [0.05, 0.1) is 11.4 Å². The second kappa shape index (κ2) is 6.89. The first-order valence-electron chi connectivity index (χ1n) is 8.07. The van der Waals surface area contributed by atoms with Gasteiger partial charge in [0.25, 0.3) is 5.91 Å². The van der Waals surface area contributed by atoms with Gasteiger partial charge in [-0.15, -0.1) is 0 Å². The third-order valence-corrected chi connectivity index (χ3v) is 5.16. The Morgan fingerprint density at radius 3 is 2.46 bits per heavy atom. The van der Waals surface area contributed by atoms with E-state index in [1.165, 1.54) is 17.0 Å².